The maximum Gasteiger partial charge on any atom is 0.317 e. The molecule has 0 bridgehead atoms. The van der Waals surface area contributed by atoms with Crippen molar-refractivity contribution < 1.29 is 22.7 Å². The first-order valence-electron chi connectivity index (χ1n) is 8.12. The topological polar surface area (TPSA) is 88.2 Å². The van der Waals surface area contributed by atoms with Gasteiger partial charge >= 0.3 is 6.03 Å². The van der Waals surface area contributed by atoms with Gasteiger partial charge in [-0.1, -0.05) is 0 Å². The molecule has 3 aliphatic heterocycles. The molecule has 0 unspecified atom stereocenters. The highest BCUT2D eigenvalue weighted by Crippen LogP contribution is 2.32. The van der Waals surface area contributed by atoms with Gasteiger partial charge in [-0.25, -0.2) is 13.2 Å². The van der Waals surface area contributed by atoms with Crippen molar-refractivity contribution in [2.75, 3.05) is 64.8 Å². The second-order valence-electron chi connectivity index (χ2n) is 6.53. The molecule has 23 heavy (non-hydrogen) atoms. The molecule has 0 radical (unpaired) electrons. The standard InChI is InChI=1S/C14H25N3O5S/c1-2-15-13(18)17-9-14(10-17)11-23(19,20)12(8-22-14)7-16-3-5-21-6-4-16/h12H,2-11H2,1H3,(H,15,18)/t12-/m0/s1. The number of carbonyl (C=O) groups is 1. The molecular formula is C14H25N3O5S. The maximum absolute atomic E-state index is 12.6. The second-order valence-corrected chi connectivity index (χ2v) is 8.81. The number of rotatable bonds is 3. The minimum Gasteiger partial charge on any atom is -0.379 e. The third kappa shape index (κ3) is 3.62. The van der Waals surface area contributed by atoms with E-state index in [2.05, 4.69) is 10.2 Å². The molecule has 1 atom stereocenters. The van der Waals surface area contributed by atoms with E-state index in [1.165, 1.54) is 0 Å². The van der Waals surface area contributed by atoms with Gasteiger partial charge in [-0.05, 0) is 6.92 Å². The van der Waals surface area contributed by atoms with Gasteiger partial charge in [0.05, 0.1) is 43.9 Å². The maximum atomic E-state index is 12.6. The fourth-order valence-corrected chi connectivity index (χ4v) is 5.32. The summed E-state index contributed by atoms with van der Waals surface area (Å²) in [6, 6.07) is -0.158. The van der Waals surface area contributed by atoms with Crippen LogP contribution in [0.25, 0.3) is 0 Å². The molecule has 3 heterocycles. The van der Waals surface area contributed by atoms with E-state index in [0.29, 0.717) is 39.4 Å². The minimum absolute atomic E-state index is 0.00487. The van der Waals surface area contributed by atoms with Crippen molar-refractivity contribution in [2.24, 2.45) is 0 Å². The lowest BCUT2D eigenvalue weighted by Gasteiger charge is -2.52. The molecule has 0 aromatic rings. The van der Waals surface area contributed by atoms with Crippen LogP contribution in [0.3, 0.4) is 0 Å². The summed E-state index contributed by atoms with van der Waals surface area (Å²) in [4.78, 5) is 15.4. The SMILES string of the molecule is CCNC(=O)N1CC2(C1)CS(=O)(=O)[C@@H](CN1CCOCC1)CO2. The van der Waals surface area contributed by atoms with Crippen molar-refractivity contribution >= 4 is 15.9 Å². The minimum atomic E-state index is -3.22. The molecule has 9 heteroatoms. The zero-order valence-corrected chi connectivity index (χ0v) is 14.3. The highest BCUT2D eigenvalue weighted by atomic mass is 32.2. The number of ether oxygens (including phenoxy) is 2. The smallest absolute Gasteiger partial charge is 0.317 e. The van der Waals surface area contributed by atoms with Crippen molar-refractivity contribution in [2.45, 2.75) is 17.8 Å². The first-order valence-corrected chi connectivity index (χ1v) is 9.84. The molecule has 0 aromatic heterocycles. The molecule has 0 aromatic carbocycles. The zero-order chi connectivity index (χ0) is 16.5. The monoisotopic (exact) mass is 347 g/mol. The van der Waals surface area contributed by atoms with Crippen LogP contribution in [0.1, 0.15) is 6.92 Å². The zero-order valence-electron chi connectivity index (χ0n) is 13.5. The average molecular weight is 347 g/mol. The lowest BCUT2D eigenvalue weighted by Crippen LogP contribution is -2.72. The quantitative estimate of drug-likeness (QED) is 0.698. The third-order valence-electron chi connectivity index (χ3n) is 4.69. The highest BCUT2D eigenvalue weighted by molar-refractivity contribution is 7.92. The Hall–Kier alpha value is -0.900. The fraction of sp³-hybridized carbons (Fsp3) is 0.929. The number of carbonyl (C=O) groups excluding carboxylic acids is 1. The average Bonchev–Trinajstić information content (AvgIpc) is 2.48. The molecule has 3 saturated heterocycles. The van der Waals surface area contributed by atoms with Crippen molar-refractivity contribution in [3.8, 4) is 0 Å². The molecule has 1 N–H and O–H groups in total. The Balaban J connectivity index is 1.55. The van der Waals surface area contributed by atoms with Crippen LogP contribution in [0.4, 0.5) is 4.79 Å². The number of morpholine rings is 1. The van der Waals surface area contributed by atoms with Crippen LogP contribution in [0, 0.1) is 0 Å². The number of likely N-dealkylation sites (tertiary alicyclic amines) is 1. The molecule has 1 spiro atoms. The van der Waals surface area contributed by atoms with E-state index in [0.717, 1.165) is 13.1 Å². The van der Waals surface area contributed by atoms with Crippen molar-refractivity contribution in [1.29, 1.82) is 0 Å². The van der Waals surface area contributed by atoms with Gasteiger partial charge in [0.15, 0.2) is 9.84 Å². The van der Waals surface area contributed by atoms with E-state index in [-0.39, 0.29) is 18.4 Å². The molecular weight excluding hydrogens is 322 g/mol. The summed E-state index contributed by atoms with van der Waals surface area (Å²) < 4.78 is 36.4. The summed E-state index contributed by atoms with van der Waals surface area (Å²) in [5.74, 6) is 0.00487. The Morgan fingerprint density at radius 1 is 1.30 bits per heavy atom. The number of hydrogen-bond donors (Lipinski definition) is 1. The Morgan fingerprint density at radius 3 is 2.61 bits per heavy atom. The van der Waals surface area contributed by atoms with Gasteiger partial charge in [-0.2, -0.15) is 0 Å². The summed E-state index contributed by atoms with van der Waals surface area (Å²) in [5.41, 5.74) is -0.703. The van der Waals surface area contributed by atoms with Gasteiger partial charge in [0, 0.05) is 26.2 Å². The van der Waals surface area contributed by atoms with Gasteiger partial charge in [-0.3, -0.25) is 4.90 Å². The number of amides is 2. The highest BCUT2D eigenvalue weighted by Gasteiger charge is 2.53. The van der Waals surface area contributed by atoms with E-state index >= 15 is 0 Å². The number of urea groups is 1. The number of hydrogen-bond acceptors (Lipinski definition) is 6. The summed E-state index contributed by atoms with van der Waals surface area (Å²) in [6.45, 7) is 6.66. The van der Waals surface area contributed by atoms with E-state index in [4.69, 9.17) is 9.47 Å². The second kappa shape index (κ2) is 6.54. The van der Waals surface area contributed by atoms with Crippen LogP contribution in [0.5, 0.6) is 0 Å². The summed E-state index contributed by atoms with van der Waals surface area (Å²) in [5, 5.41) is 2.23. The van der Waals surface area contributed by atoms with E-state index in [1.807, 2.05) is 6.92 Å². The summed E-state index contributed by atoms with van der Waals surface area (Å²) >= 11 is 0. The summed E-state index contributed by atoms with van der Waals surface area (Å²) in [6.07, 6.45) is 0. The van der Waals surface area contributed by atoms with Crippen molar-refractivity contribution in [1.82, 2.24) is 15.1 Å². The lowest BCUT2D eigenvalue weighted by molar-refractivity contribution is -0.119. The summed E-state index contributed by atoms with van der Waals surface area (Å²) in [7, 11) is -3.22. The van der Waals surface area contributed by atoms with E-state index < -0.39 is 20.7 Å². The van der Waals surface area contributed by atoms with Gasteiger partial charge in [-0.15, -0.1) is 0 Å². The van der Waals surface area contributed by atoms with Gasteiger partial charge in [0.2, 0.25) is 0 Å². The molecule has 2 amide bonds. The Morgan fingerprint density at radius 2 is 2.00 bits per heavy atom. The normalized spacial score (nSPS) is 30.0. The lowest BCUT2D eigenvalue weighted by atomic mass is 9.96. The molecule has 132 valence electrons. The van der Waals surface area contributed by atoms with Crippen LogP contribution in [0.2, 0.25) is 0 Å². The number of nitrogens with one attached hydrogen (secondary N) is 1. The molecule has 0 saturated carbocycles. The van der Waals surface area contributed by atoms with Gasteiger partial charge in [0.1, 0.15) is 5.60 Å². The van der Waals surface area contributed by atoms with Crippen molar-refractivity contribution in [3.63, 3.8) is 0 Å². The van der Waals surface area contributed by atoms with Crippen LogP contribution < -0.4 is 5.32 Å². The number of sulfone groups is 1. The predicted octanol–water partition coefficient (Wildman–Crippen LogP) is -1.08. The Labute approximate surface area is 137 Å². The fourth-order valence-electron chi connectivity index (χ4n) is 3.38. The van der Waals surface area contributed by atoms with Crippen LogP contribution in [-0.4, -0.2) is 99.9 Å². The number of nitrogens with zero attached hydrogens (tertiary/aromatic N) is 2. The molecule has 0 aliphatic carbocycles. The van der Waals surface area contributed by atoms with Crippen molar-refractivity contribution in [3.05, 3.63) is 0 Å². The molecule has 8 nitrogen and oxygen atoms in total. The first-order chi connectivity index (χ1) is 10.9. The van der Waals surface area contributed by atoms with E-state index in [9.17, 15) is 13.2 Å². The van der Waals surface area contributed by atoms with Crippen LogP contribution in [-0.2, 0) is 19.3 Å². The first kappa shape index (κ1) is 16.9. The van der Waals surface area contributed by atoms with Gasteiger partial charge in [0.25, 0.3) is 0 Å². The molecule has 3 fully saturated rings. The largest absolute Gasteiger partial charge is 0.379 e. The van der Waals surface area contributed by atoms with Crippen LogP contribution >= 0.6 is 0 Å². The van der Waals surface area contributed by atoms with Gasteiger partial charge < -0.3 is 19.7 Å². The van der Waals surface area contributed by atoms with Crippen LogP contribution in [0.15, 0.2) is 0 Å². The van der Waals surface area contributed by atoms with E-state index in [1.54, 1.807) is 4.90 Å². The third-order valence-corrected chi connectivity index (χ3v) is 6.92. The Kier molecular flexibility index (Phi) is 4.82. The Bertz CT molecular complexity index is 541. The predicted molar refractivity (Wildman–Crippen MR) is 84.2 cm³/mol. The molecule has 3 rings (SSSR count). The molecule has 3 aliphatic rings.